The van der Waals surface area contributed by atoms with E-state index in [1.54, 1.807) is 13.3 Å². The summed E-state index contributed by atoms with van der Waals surface area (Å²) < 4.78 is 5.31. The number of anilines is 1. The predicted octanol–water partition coefficient (Wildman–Crippen LogP) is 1.91. The number of methoxy groups -OCH3 is 1. The van der Waals surface area contributed by atoms with Gasteiger partial charge in [-0.05, 0) is 38.2 Å². The average Bonchev–Trinajstić information content (AvgIpc) is 2.84. The van der Waals surface area contributed by atoms with Crippen LogP contribution in [-0.2, 0) is 10.2 Å². The average molecular weight is 374 g/mol. The van der Waals surface area contributed by atoms with Crippen molar-refractivity contribution in [3.8, 4) is 5.75 Å². The molecule has 8 nitrogen and oxygen atoms in total. The van der Waals surface area contributed by atoms with Crippen LogP contribution in [-0.4, -0.2) is 71.2 Å². The van der Waals surface area contributed by atoms with E-state index in [0.29, 0.717) is 30.7 Å². The largest absolute Gasteiger partial charge is 0.495 e. The molecular weight excluding hydrogens is 348 g/mol. The van der Waals surface area contributed by atoms with Gasteiger partial charge in [-0.3, -0.25) is 9.69 Å². The normalized spacial score (nSPS) is 28.6. The molecular formula is C19H26N4O4. The zero-order chi connectivity index (χ0) is 19.0. The van der Waals surface area contributed by atoms with Crippen molar-refractivity contribution in [1.82, 2.24) is 14.8 Å². The lowest BCUT2D eigenvalue weighted by Gasteiger charge is -2.40. The van der Waals surface area contributed by atoms with Gasteiger partial charge in [0.2, 0.25) is 5.91 Å². The molecule has 2 amide bonds. The van der Waals surface area contributed by atoms with Crippen molar-refractivity contribution in [2.24, 2.45) is 0 Å². The number of fused-ring (bicyclic) bond motifs is 2. The molecule has 0 bridgehead atoms. The number of nitrogens with one attached hydrogen (secondary N) is 1. The number of hydrogen-bond acceptors (Lipinski definition) is 5. The molecule has 2 fully saturated rings. The van der Waals surface area contributed by atoms with Crippen LogP contribution in [0.15, 0.2) is 12.3 Å². The Bertz CT molecular complexity index is 745. The maximum absolute atomic E-state index is 12.8. The topological polar surface area (TPSA) is 95.0 Å². The fourth-order valence-electron chi connectivity index (χ4n) is 4.82. The summed E-state index contributed by atoms with van der Waals surface area (Å²) in [6, 6.07) is 2.34. The molecule has 0 unspecified atom stereocenters. The van der Waals surface area contributed by atoms with E-state index in [9.17, 15) is 14.7 Å². The van der Waals surface area contributed by atoms with Crippen molar-refractivity contribution >= 4 is 17.8 Å². The Morgan fingerprint density at radius 3 is 2.78 bits per heavy atom. The third-order valence-corrected chi connectivity index (χ3v) is 6.41. The van der Waals surface area contributed by atoms with Crippen LogP contribution in [0.25, 0.3) is 0 Å². The molecule has 1 saturated carbocycles. The second-order valence-electron chi connectivity index (χ2n) is 7.70. The van der Waals surface area contributed by atoms with Crippen molar-refractivity contribution in [1.29, 1.82) is 0 Å². The molecule has 3 aliphatic rings. The zero-order valence-corrected chi connectivity index (χ0v) is 15.6. The quantitative estimate of drug-likeness (QED) is 0.821. The lowest BCUT2D eigenvalue weighted by atomic mass is 9.69. The van der Waals surface area contributed by atoms with Crippen LogP contribution < -0.4 is 10.1 Å². The minimum Gasteiger partial charge on any atom is -0.495 e. The minimum absolute atomic E-state index is 0.0459. The van der Waals surface area contributed by atoms with Crippen molar-refractivity contribution < 1.29 is 19.4 Å². The molecule has 3 heterocycles. The second-order valence-corrected chi connectivity index (χ2v) is 7.70. The molecule has 1 aromatic heterocycles. The van der Waals surface area contributed by atoms with E-state index < -0.39 is 11.5 Å². The fraction of sp³-hybridized carbons (Fsp3) is 0.632. The molecule has 146 valence electrons. The molecule has 0 atom stereocenters. The summed E-state index contributed by atoms with van der Waals surface area (Å²) in [6.07, 6.45) is 5.08. The van der Waals surface area contributed by atoms with Gasteiger partial charge in [-0.2, -0.15) is 0 Å². The number of carbonyl (C=O) groups is 2. The molecule has 8 heteroatoms. The van der Waals surface area contributed by atoms with Crippen LogP contribution >= 0.6 is 0 Å². The first kappa shape index (κ1) is 18.0. The predicted molar refractivity (Wildman–Crippen MR) is 99.1 cm³/mol. The Labute approximate surface area is 158 Å². The molecule has 4 rings (SSSR count). The molecule has 0 radical (unpaired) electrons. The van der Waals surface area contributed by atoms with Gasteiger partial charge in [-0.1, -0.05) is 0 Å². The van der Waals surface area contributed by atoms with Crippen LogP contribution in [0, 0.1) is 0 Å². The Balaban J connectivity index is 1.46. The monoisotopic (exact) mass is 374 g/mol. The Morgan fingerprint density at radius 2 is 2.07 bits per heavy atom. The summed E-state index contributed by atoms with van der Waals surface area (Å²) in [7, 11) is 1.61. The van der Waals surface area contributed by atoms with E-state index in [1.165, 1.54) is 4.90 Å². The van der Waals surface area contributed by atoms with Crippen LogP contribution in [0.5, 0.6) is 5.75 Å². The highest BCUT2D eigenvalue weighted by Gasteiger charge is 2.50. The fourth-order valence-corrected chi connectivity index (χ4v) is 4.82. The van der Waals surface area contributed by atoms with Crippen molar-refractivity contribution in [3.63, 3.8) is 0 Å². The molecule has 2 N–H and O–H groups in total. The first-order valence-corrected chi connectivity index (χ1v) is 9.61. The molecule has 1 saturated heterocycles. The van der Waals surface area contributed by atoms with E-state index in [0.717, 1.165) is 50.8 Å². The van der Waals surface area contributed by atoms with E-state index in [4.69, 9.17) is 4.74 Å². The lowest BCUT2D eigenvalue weighted by Crippen LogP contribution is -2.46. The number of carboxylic acid groups (broad SMARTS) is 1. The highest BCUT2D eigenvalue weighted by Crippen LogP contribution is 2.48. The lowest BCUT2D eigenvalue weighted by molar-refractivity contribution is -0.122. The van der Waals surface area contributed by atoms with E-state index in [2.05, 4.69) is 15.2 Å². The van der Waals surface area contributed by atoms with E-state index in [-0.39, 0.29) is 5.91 Å². The Kier molecular flexibility index (Phi) is 4.67. The molecule has 1 aliphatic carbocycles. The van der Waals surface area contributed by atoms with Gasteiger partial charge in [0.25, 0.3) is 0 Å². The van der Waals surface area contributed by atoms with Gasteiger partial charge < -0.3 is 20.1 Å². The summed E-state index contributed by atoms with van der Waals surface area (Å²) in [4.78, 5) is 32.3. The highest BCUT2D eigenvalue weighted by atomic mass is 16.5. The van der Waals surface area contributed by atoms with Crippen LogP contribution in [0.1, 0.15) is 37.7 Å². The zero-order valence-electron chi connectivity index (χ0n) is 15.6. The number of hydrogen-bond donors (Lipinski definition) is 2. The van der Waals surface area contributed by atoms with Crippen molar-refractivity contribution in [2.75, 3.05) is 38.6 Å². The SMILES string of the molecule is COc1cnc2c(c1)C1(CCC(N3CCCN(C(=O)O)CC3)CC1)C(=O)N2. The molecule has 0 aromatic carbocycles. The van der Waals surface area contributed by atoms with Crippen molar-refractivity contribution in [2.45, 2.75) is 43.6 Å². The van der Waals surface area contributed by atoms with Gasteiger partial charge in [-0.25, -0.2) is 9.78 Å². The number of rotatable bonds is 2. The van der Waals surface area contributed by atoms with Gasteiger partial charge in [0.15, 0.2) is 0 Å². The molecule has 1 aromatic rings. The van der Waals surface area contributed by atoms with Crippen LogP contribution in [0.4, 0.5) is 10.6 Å². The first-order chi connectivity index (χ1) is 13.0. The second kappa shape index (κ2) is 6.99. The third-order valence-electron chi connectivity index (χ3n) is 6.41. The number of pyridine rings is 1. The molecule has 1 spiro atoms. The number of amides is 2. The summed E-state index contributed by atoms with van der Waals surface area (Å²) >= 11 is 0. The maximum atomic E-state index is 12.8. The van der Waals surface area contributed by atoms with Gasteiger partial charge in [0, 0.05) is 37.8 Å². The smallest absolute Gasteiger partial charge is 0.407 e. The van der Waals surface area contributed by atoms with Crippen LogP contribution in [0.3, 0.4) is 0 Å². The number of aromatic nitrogens is 1. The molecule has 27 heavy (non-hydrogen) atoms. The Morgan fingerprint density at radius 1 is 1.30 bits per heavy atom. The van der Waals surface area contributed by atoms with Gasteiger partial charge in [0.1, 0.15) is 11.6 Å². The number of carbonyl (C=O) groups excluding carboxylic acids is 1. The standard InChI is InChI=1S/C19H26N4O4/c1-27-14-11-15-16(20-12-14)21-17(24)19(15)5-3-13(4-6-19)22-7-2-8-23(10-9-22)18(25)26/h11-13H,2-10H2,1H3,(H,25,26)(H,20,21,24). The summed E-state index contributed by atoms with van der Waals surface area (Å²) in [6.45, 7) is 2.84. The first-order valence-electron chi connectivity index (χ1n) is 9.61. The maximum Gasteiger partial charge on any atom is 0.407 e. The Hall–Kier alpha value is -2.35. The summed E-state index contributed by atoms with van der Waals surface area (Å²) in [5, 5.41) is 12.2. The van der Waals surface area contributed by atoms with Crippen LogP contribution in [0.2, 0.25) is 0 Å². The van der Waals surface area contributed by atoms with Gasteiger partial charge in [0.05, 0.1) is 18.7 Å². The van der Waals surface area contributed by atoms with Gasteiger partial charge in [-0.15, -0.1) is 0 Å². The summed E-state index contributed by atoms with van der Waals surface area (Å²) in [5.41, 5.74) is 0.449. The number of ether oxygens (including phenoxy) is 1. The number of nitrogens with zero attached hydrogens (tertiary/aromatic N) is 3. The minimum atomic E-state index is -0.833. The summed E-state index contributed by atoms with van der Waals surface area (Å²) in [5.74, 6) is 1.38. The van der Waals surface area contributed by atoms with Crippen molar-refractivity contribution in [3.05, 3.63) is 17.8 Å². The highest BCUT2D eigenvalue weighted by molar-refractivity contribution is 6.05. The molecule has 2 aliphatic heterocycles. The van der Waals surface area contributed by atoms with E-state index >= 15 is 0 Å². The van der Waals surface area contributed by atoms with E-state index in [1.807, 2.05) is 6.07 Å². The third kappa shape index (κ3) is 3.12. The van der Waals surface area contributed by atoms with Gasteiger partial charge >= 0.3 is 6.09 Å².